The summed E-state index contributed by atoms with van der Waals surface area (Å²) in [6.45, 7) is 6.80. The van der Waals surface area contributed by atoms with Gasteiger partial charge in [-0.25, -0.2) is 4.79 Å². The van der Waals surface area contributed by atoms with Crippen LogP contribution < -0.4 is 5.32 Å². The van der Waals surface area contributed by atoms with Crippen molar-refractivity contribution < 1.29 is 9.53 Å². The van der Waals surface area contributed by atoms with E-state index in [1.165, 1.54) is 0 Å². The highest BCUT2D eigenvalue weighted by molar-refractivity contribution is 5.95. The number of esters is 1. The number of H-pyrrole nitrogens is 1. The summed E-state index contributed by atoms with van der Waals surface area (Å²) in [5, 5.41) is 9.87. The minimum Gasteiger partial charge on any atom is -0.462 e. The van der Waals surface area contributed by atoms with Crippen molar-refractivity contribution in [2.75, 3.05) is 18.5 Å². The summed E-state index contributed by atoms with van der Waals surface area (Å²) in [4.78, 5) is 11.6. The first-order valence-electron chi connectivity index (χ1n) is 5.16. The molecule has 0 bridgehead atoms. The van der Waals surface area contributed by atoms with Crippen molar-refractivity contribution in [3.8, 4) is 0 Å². The van der Waals surface area contributed by atoms with Crippen LogP contribution in [0.15, 0.2) is 0 Å². The van der Waals surface area contributed by atoms with E-state index in [2.05, 4.69) is 22.4 Å². The second kappa shape index (κ2) is 5.38. The van der Waals surface area contributed by atoms with E-state index in [9.17, 15) is 4.79 Å². The van der Waals surface area contributed by atoms with Crippen LogP contribution in [0.1, 0.15) is 36.3 Å². The molecule has 0 fully saturated rings. The van der Waals surface area contributed by atoms with E-state index in [4.69, 9.17) is 4.74 Å². The molecular weight excluding hydrogens is 194 g/mol. The van der Waals surface area contributed by atoms with E-state index in [0.29, 0.717) is 18.0 Å². The van der Waals surface area contributed by atoms with Crippen LogP contribution >= 0.6 is 0 Å². The monoisotopic (exact) mass is 211 g/mol. The van der Waals surface area contributed by atoms with Gasteiger partial charge in [-0.1, -0.05) is 6.92 Å². The van der Waals surface area contributed by atoms with Crippen molar-refractivity contribution in [2.45, 2.75) is 27.2 Å². The molecule has 0 radical (unpaired) electrons. The average Bonchev–Trinajstić information content (AvgIpc) is 2.57. The van der Waals surface area contributed by atoms with E-state index in [0.717, 1.165) is 18.7 Å². The number of nitrogens with zero attached hydrogens (tertiary/aromatic N) is 1. The van der Waals surface area contributed by atoms with Gasteiger partial charge in [0.15, 0.2) is 5.82 Å². The van der Waals surface area contributed by atoms with E-state index in [1.807, 2.05) is 0 Å². The van der Waals surface area contributed by atoms with Gasteiger partial charge in [0, 0.05) is 12.2 Å². The van der Waals surface area contributed by atoms with Crippen molar-refractivity contribution in [1.82, 2.24) is 10.2 Å². The predicted octanol–water partition coefficient (Wildman–Crippen LogP) is 1.72. The van der Waals surface area contributed by atoms with Gasteiger partial charge < -0.3 is 10.1 Å². The van der Waals surface area contributed by atoms with Gasteiger partial charge in [0.2, 0.25) is 0 Å². The summed E-state index contributed by atoms with van der Waals surface area (Å²) >= 11 is 0. The molecule has 0 aromatic carbocycles. The molecule has 1 heterocycles. The maximum atomic E-state index is 11.6. The Balaban J connectivity index is 2.83. The van der Waals surface area contributed by atoms with Crippen LogP contribution in [0.5, 0.6) is 0 Å². The van der Waals surface area contributed by atoms with Crippen LogP contribution in [0.2, 0.25) is 0 Å². The summed E-state index contributed by atoms with van der Waals surface area (Å²) in [7, 11) is 0. The smallest absolute Gasteiger partial charge is 0.343 e. The zero-order chi connectivity index (χ0) is 11.3. The van der Waals surface area contributed by atoms with Crippen LogP contribution in [0.25, 0.3) is 0 Å². The molecule has 5 nitrogen and oxygen atoms in total. The number of ether oxygens (including phenoxy) is 1. The molecule has 0 aliphatic carbocycles. The highest BCUT2D eigenvalue weighted by Crippen LogP contribution is 2.16. The van der Waals surface area contributed by atoms with E-state index >= 15 is 0 Å². The quantitative estimate of drug-likeness (QED) is 0.728. The molecule has 1 aromatic heterocycles. The molecular formula is C10H17N3O2. The molecule has 0 aliphatic heterocycles. The zero-order valence-corrected chi connectivity index (χ0v) is 9.39. The highest BCUT2D eigenvalue weighted by atomic mass is 16.5. The summed E-state index contributed by atoms with van der Waals surface area (Å²) in [5.74, 6) is 0.246. The first-order chi connectivity index (χ1) is 7.20. The molecule has 0 aliphatic rings. The topological polar surface area (TPSA) is 67.0 Å². The Labute approximate surface area is 89.2 Å². The minimum atomic E-state index is -0.331. The lowest BCUT2D eigenvalue weighted by molar-refractivity contribution is 0.0526. The molecule has 0 amide bonds. The number of anilines is 1. The number of nitrogens with one attached hydrogen (secondary N) is 2. The van der Waals surface area contributed by atoms with Gasteiger partial charge in [-0.3, -0.25) is 5.10 Å². The maximum absolute atomic E-state index is 11.6. The molecule has 0 unspecified atom stereocenters. The fourth-order valence-corrected chi connectivity index (χ4v) is 1.25. The predicted molar refractivity (Wildman–Crippen MR) is 58.1 cm³/mol. The van der Waals surface area contributed by atoms with Gasteiger partial charge in [-0.05, 0) is 20.3 Å². The van der Waals surface area contributed by atoms with Crippen molar-refractivity contribution in [3.05, 3.63) is 11.3 Å². The van der Waals surface area contributed by atoms with Crippen molar-refractivity contribution in [1.29, 1.82) is 0 Å². The Morgan fingerprint density at radius 2 is 2.27 bits per heavy atom. The zero-order valence-electron chi connectivity index (χ0n) is 9.39. The molecule has 5 heteroatoms. The van der Waals surface area contributed by atoms with Crippen molar-refractivity contribution in [3.63, 3.8) is 0 Å². The second-order valence-corrected chi connectivity index (χ2v) is 3.22. The van der Waals surface area contributed by atoms with Crippen molar-refractivity contribution in [2.24, 2.45) is 0 Å². The Morgan fingerprint density at radius 1 is 1.53 bits per heavy atom. The van der Waals surface area contributed by atoms with Gasteiger partial charge in [-0.2, -0.15) is 5.10 Å². The maximum Gasteiger partial charge on any atom is 0.343 e. The van der Waals surface area contributed by atoms with E-state index < -0.39 is 0 Å². The summed E-state index contributed by atoms with van der Waals surface area (Å²) in [5.41, 5.74) is 1.23. The molecule has 15 heavy (non-hydrogen) atoms. The normalized spacial score (nSPS) is 10.1. The molecule has 0 saturated heterocycles. The third kappa shape index (κ3) is 2.71. The van der Waals surface area contributed by atoms with Crippen LogP contribution in [0.3, 0.4) is 0 Å². The largest absolute Gasteiger partial charge is 0.462 e. The van der Waals surface area contributed by atoms with Crippen LogP contribution in [0.4, 0.5) is 5.82 Å². The molecule has 2 N–H and O–H groups in total. The first kappa shape index (κ1) is 11.6. The van der Waals surface area contributed by atoms with Gasteiger partial charge >= 0.3 is 5.97 Å². The number of carbonyl (C=O) groups is 1. The number of hydrogen-bond donors (Lipinski definition) is 2. The van der Waals surface area contributed by atoms with E-state index in [-0.39, 0.29) is 5.97 Å². The molecule has 0 spiro atoms. The molecule has 84 valence electrons. The number of aromatic amines is 1. The van der Waals surface area contributed by atoms with Gasteiger partial charge in [0.1, 0.15) is 5.56 Å². The number of rotatable bonds is 5. The molecule has 1 aromatic rings. The first-order valence-corrected chi connectivity index (χ1v) is 5.16. The second-order valence-electron chi connectivity index (χ2n) is 3.22. The van der Waals surface area contributed by atoms with Crippen LogP contribution in [0, 0.1) is 6.92 Å². The Bertz CT molecular complexity index is 333. The number of aryl methyl sites for hydroxylation is 1. The number of hydrogen-bond acceptors (Lipinski definition) is 4. The molecule has 0 atom stereocenters. The van der Waals surface area contributed by atoms with Crippen LogP contribution in [-0.4, -0.2) is 29.3 Å². The van der Waals surface area contributed by atoms with Gasteiger partial charge in [0.25, 0.3) is 0 Å². The van der Waals surface area contributed by atoms with Crippen LogP contribution in [-0.2, 0) is 4.74 Å². The lowest BCUT2D eigenvalue weighted by atomic mass is 10.2. The minimum absolute atomic E-state index is 0.331. The summed E-state index contributed by atoms with van der Waals surface area (Å²) in [6.07, 6.45) is 0.980. The Morgan fingerprint density at radius 3 is 2.87 bits per heavy atom. The standard InChI is InChI=1S/C10H17N3O2/c1-4-6-11-9-8(7(3)12-13-9)10(14)15-5-2/h4-6H2,1-3H3,(H2,11,12,13). The third-order valence-corrected chi connectivity index (χ3v) is 1.97. The van der Waals surface area contributed by atoms with Gasteiger partial charge in [0.05, 0.1) is 6.61 Å². The molecule has 1 rings (SSSR count). The fraction of sp³-hybridized carbons (Fsp3) is 0.600. The average molecular weight is 211 g/mol. The SMILES string of the molecule is CCCNc1n[nH]c(C)c1C(=O)OCC. The number of carbonyl (C=O) groups excluding carboxylic acids is 1. The Hall–Kier alpha value is -1.52. The molecule has 0 saturated carbocycles. The lowest BCUT2D eigenvalue weighted by Crippen LogP contribution is -2.10. The summed E-state index contributed by atoms with van der Waals surface area (Å²) < 4.78 is 4.95. The number of aromatic nitrogens is 2. The third-order valence-electron chi connectivity index (χ3n) is 1.97. The summed E-state index contributed by atoms with van der Waals surface area (Å²) in [6, 6.07) is 0. The van der Waals surface area contributed by atoms with E-state index in [1.54, 1.807) is 13.8 Å². The fourth-order valence-electron chi connectivity index (χ4n) is 1.25. The highest BCUT2D eigenvalue weighted by Gasteiger charge is 2.18. The lowest BCUT2D eigenvalue weighted by Gasteiger charge is -2.04. The van der Waals surface area contributed by atoms with Gasteiger partial charge in [-0.15, -0.1) is 0 Å². The Kier molecular flexibility index (Phi) is 4.15. The van der Waals surface area contributed by atoms with Crippen molar-refractivity contribution >= 4 is 11.8 Å².